The number of carbonyl (C=O) groups is 1. The molecule has 0 radical (unpaired) electrons. The molecule has 1 amide bonds. The summed E-state index contributed by atoms with van der Waals surface area (Å²) in [6.45, 7) is 2.45. The van der Waals surface area contributed by atoms with Gasteiger partial charge in [0.15, 0.2) is 11.5 Å². The van der Waals surface area contributed by atoms with E-state index in [1.54, 1.807) is 19.1 Å². The monoisotopic (exact) mass is 456 g/mol. The summed E-state index contributed by atoms with van der Waals surface area (Å²) in [7, 11) is 3.00. The van der Waals surface area contributed by atoms with Gasteiger partial charge in [0.25, 0.3) is 5.91 Å². The Morgan fingerprint density at radius 3 is 2.66 bits per heavy atom. The number of halogens is 1. The van der Waals surface area contributed by atoms with Gasteiger partial charge < -0.3 is 29.6 Å². The number of nitrogens with zero attached hydrogens (tertiary/aromatic N) is 2. The second-order valence-electron chi connectivity index (χ2n) is 6.88. The van der Waals surface area contributed by atoms with E-state index >= 15 is 0 Å². The normalized spacial score (nSPS) is 11.8. The van der Waals surface area contributed by atoms with Crippen LogP contribution < -0.4 is 29.6 Å². The fraction of sp³-hybridized carbons (Fsp3) is 0.227. The second kappa shape index (κ2) is 9.19. The van der Waals surface area contributed by atoms with Crippen molar-refractivity contribution in [1.82, 2.24) is 9.97 Å². The number of hydrogen-bond acceptors (Lipinski definition) is 8. The number of aromatic nitrogens is 2. The van der Waals surface area contributed by atoms with Crippen molar-refractivity contribution in [3.05, 3.63) is 58.4 Å². The van der Waals surface area contributed by atoms with Gasteiger partial charge in [0.05, 0.1) is 36.2 Å². The first-order valence-corrected chi connectivity index (χ1v) is 10.0. The van der Waals surface area contributed by atoms with Gasteiger partial charge >= 0.3 is 0 Å². The van der Waals surface area contributed by atoms with Gasteiger partial charge in [-0.1, -0.05) is 17.7 Å². The van der Waals surface area contributed by atoms with Gasteiger partial charge in [0.2, 0.25) is 12.7 Å². The van der Waals surface area contributed by atoms with E-state index in [2.05, 4.69) is 20.6 Å². The van der Waals surface area contributed by atoms with Crippen LogP contribution in [0.1, 0.15) is 21.6 Å². The van der Waals surface area contributed by atoms with Gasteiger partial charge in [-0.05, 0) is 30.7 Å². The Balaban J connectivity index is 1.45. The maximum atomic E-state index is 12.8. The molecule has 4 rings (SSSR count). The third kappa shape index (κ3) is 4.47. The molecule has 1 aliphatic heterocycles. The zero-order valence-corrected chi connectivity index (χ0v) is 18.4. The van der Waals surface area contributed by atoms with E-state index in [1.165, 1.54) is 20.4 Å². The predicted octanol–water partition coefficient (Wildman–Crippen LogP) is 4.05. The summed E-state index contributed by atoms with van der Waals surface area (Å²) in [5, 5.41) is 6.27. The lowest BCUT2D eigenvalue weighted by Crippen LogP contribution is -2.16. The number of ether oxygens (including phenoxy) is 4. The van der Waals surface area contributed by atoms with E-state index in [0.29, 0.717) is 51.7 Å². The number of aryl methyl sites for hydroxylation is 1. The van der Waals surface area contributed by atoms with Crippen LogP contribution in [0.5, 0.6) is 23.0 Å². The third-order valence-corrected chi connectivity index (χ3v) is 5.13. The molecule has 166 valence electrons. The Labute approximate surface area is 189 Å². The minimum Gasteiger partial charge on any atom is -0.495 e. The van der Waals surface area contributed by atoms with Gasteiger partial charge in [-0.2, -0.15) is 0 Å². The van der Waals surface area contributed by atoms with E-state index in [0.717, 1.165) is 11.3 Å². The van der Waals surface area contributed by atoms with Crippen LogP contribution in [-0.2, 0) is 6.54 Å². The Kier molecular flexibility index (Phi) is 6.18. The lowest BCUT2D eigenvalue weighted by atomic mass is 10.2. The predicted molar refractivity (Wildman–Crippen MR) is 119 cm³/mol. The molecule has 0 atom stereocenters. The largest absolute Gasteiger partial charge is 0.495 e. The first-order valence-electron chi connectivity index (χ1n) is 9.67. The van der Waals surface area contributed by atoms with Crippen LogP contribution in [0.15, 0.2) is 36.5 Å². The molecule has 9 nitrogen and oxygen atoms in total. The lowest BCUT2D eigenvalue weighted by Gasteiger charge is -2.14. The minimum absolute atomic E-state index is 0.229. The molecule has 0 unspecified atom stereocenters. The quantitative estimate of drug-likeness (QED) is 0.548. The van der Waals surface area contributed by atoms with Gasteiger partial charge in [0.1, 0.15) is 11.5 Å². The molecule has 32 heavy (non-hydrogen) atoms. The molecular weight excluding hydrogens is 436 g/mol. The number of nitrogens with one attached hydrogen (secondary N) is 2. The zero-order chi connectivity index (χ0) is 22.7. The summed E-state index contributed by atoms with van der Waals surface area (Å²) in [6, 6.07) is 8.86. The zero-order valence-electron chi connectivity index (χ0n) is 17.7. The van der Waals surface area contributed by atoms with E-state index < -0.39 is 0 Å². The van der Waals surface area contributed by atoms with Crippen LogP contribution in [0.4, 0.5) is 11.6 Å². The molecule has 2 N–H and O–H groups in total. The molecule has 3 aromatic rings. The summed E-state index contributed by atoms with van der Waals surface area (Å²) in [4.78, 5) is 21.5. The van der Waals surface area contributed by atoms with E-state index in [1.807, 2.05) is 18.2 Å². The smallest absolute Gasteiger partial charge is 0.259 e. The minimum atomic E-state index is -0.385. The molecule has 0 saturated heterocycles. The molecule has 0 spiro atoms. The van der Waals surface area contributed by atoms with Gasteiger partial charge in [-0.3, -0.25) is 4.79 Å². The lowest BCUT2D eigenvalue weighted by molar-refractivity contribution is 0.102. The average molecular weight is 457 g/mol. The fourth-order valence-corrected chi connectivity index (χ4v) is 3.40. The van der Waals surface area contributed by atoms with Crippen LogP contribution >= 0.6 is 11.6 Å². The van der Waals surface area contributed by atoms with E-state index in [-0.39, 0.29) is 12.7 Å². The number of carbonyl (C=O) groups excluding carboxylic acids is 1. The molecule has 10 heteroatoms. The molecule has 0 aliphatic carbocycles. The molecule has 1 aromatic heterocycles. The summed E-state index contributed by atoms with van der Waals surface area (Å²) < 4.78 is 21.2. The van der Waals surface area contributed by atoms with Crippen molar-refractivity contribution in [3.8, 4) is 23.0 Å². The summed E-state index contributed by atoms with van der Waals surface area (Å²) in [5.41, 5.74) is 2.24. The number of fused-ring (bicyclic) bond motifs is 1. The molecule has 1 aliphatic rings. The Bertz CT molecular complexity index is 1170. The van der Waals surface area contributed by atoms with Gasteiger partial charge in [-0.25, -0.2) is 9.97 Å². The average Bonchev–Trinajstić information content (AvgIpc) is 3.26. The number of methoxy groups -OCH3 is 2. The number of hydrogen-bond donors (Lipinski definition) is 2. The van der Waals surface area contributed by atoms with Gasteiger partial charge in [-0.15, -0.1) is 0 Å². The maximum Gasteiger partial charge on any atom is 0.259 e. The van der Waals surface area contributed by atoms with Gasteiger partial charge in [0, 0.05) is 18.8 Å². The summed E-state index contributed by atoms with van der Waals surface area (Å²) in [5.74, 6) is 2.32. The highest BCUT2D eigenvalue weighted by atomic mass is 35.5. The van der Waals surface area contributed by atoms with E-state index in [9.17, 15) is 4.79 Å². The molecular formula is C22H21ClN4O5. The third-order valence-electron chi connectivity index (χ3n) is 4.83. The highest BCUT2D eigenvalue weighted by Gasteiger charge is 2.17. The molecule has 2 heterocycles. The first kappa shape index (κ1) is 21.5. The SMILES string of the molecule is COc1cc(OC)c(NC(=O)c2cnc(NCc3ccc4c(c3)OCO4)nc2C)cc1Cl. The van der Waals surface area contributed by atoms with Crippen molar-refractivity contribution in [3.63, 3.8) is 0 Å². The molecule has 0 fully saturated rings. The van der Waals surface area contributed by atoms with Crippen molar-refractivity contribution < 1.29 is 23.7 Å². The van der Waals surface area contributed by atoms with Crippen molar-refractivity contribution in [2.45, 2.75) is 13.5 Å². The van der Waals surface area contributed by atoms with Crippen molar-refractivity contribution in [1.29, 1.82) is 0 Å². The summed E-state index contributed by atoms with van der Waals surface area (Å²) in [6.07, 6.45) is 1.47. The number of rotatable bonds is 7. The van der Waals surface area contributed by atoms with Crippen LogP contribution in [0, 0.1) is 6.92 Å². The van der Waals surface area contributed by atoms with Crippen LogP contribution in [0.3, 0.4) is 0 Å². The Hall–Kier alpha value is -3.72. The summed E-state index contributed by atoms with van der Waals surface area (Å²) >= 11 is 6.18. The highest BCUT2D eigenvalue weighted by molar-refractivity contribution is 6.32. The Morgan fingerprint density at radius 1 is 1.12 bits per heavy atom. The standard InChI is InChI=1S/C22H21ClN4O5/c1-12-14(21(28)27-16-7-15(23)18(29-2)8-19(16)30-3)10-25-22(26-12)24-9-13-4-5-17-20(6-13)32-11-31-17/h4-8,10H,9,11H2,1-3H3,(H,27,28)(H,24,25,26). The second-order valence-corrected chi connectivity index (χ2v) is 7.28. The first-order chi connectivity index (χ1) is 15.5. The van der Waals surface area contributed by atoms with Crippen LogP contribution in [0.2, 0.25) is 5.02 Å². The molecule has 0 bridgehead atoms. The van der Waals surface area contributed by atoms with Crippen LogP contribution in [0.25, 0.3) is 0 Å². The highest BCUT2D eigenvalue weighted by Crippen LogP contribution is 2.36. The van der Waals surface area contributed by atoms with Crippen molar-refractivity contribution in [2.24, 2.45) is 0 Å². The molecule has 2 aromatic carbocycles. The number of amides is 1. The van der Waals surface area contributed by atoms with Crippen molar-refractivity contribution in [2.75, 3.05) is 31.6 Å². The Morgan fingerprint density at radius 2 is 1.91 bits per heavy atom. The fourth-order valence-electron chi connectivity index (χ4n) is 3.15. The topological polar surface area (TPSA) is 104 Å². The van der Waals surface area contributed by atoms with Crippen molar-refractivity contribution >= 4 is 29.1 Å². The number of benzene rings is 2. The van der Waals surface area contributed by atoms with E-state index in [4.69, 9.17) is 30.5 Å². The maximum absolute atomic E-state index is 12.8. The number of anilines is 2. The molecule has 0 saturated carbocycles. The van der Waals surface area contributed by atoms with Crippen LogP contribution in [-0.4, -0.2) is 36.9 Å².